The molecule has 2 aliphatic heterocycles. The summed E-state index contributed by atoms with van der Waals surface area (Å²) in [4.78, 5) is 0. The number of methoxy groups -OCH3 is 2. The maximum atomic E-state index is 5.34. The summed E-state index contributed by atoms with van der Waals surface area (Å²) in [6, 6.07) is 17.1. The summed E-state index contributed by atoms with van der Waals surface area (Å²) in [6.45, 7) is 0. The fourth-order valence-electron chi connectivity index (χ4n) is 4.08. The molecule has 2 heterocycles. The Hall–Kier alpha value is -1.78. The standard InChI is InChI=1S/C22H20O2S2/c1-23-16-7-3-14(4-8-16)19-13-22(15-5-9-17(24-2)10-6-15)25-20-12-11-18(19)21(20)26-22/h3-13,18,20-21H,1-2H3/t18-,20-,21+,22+/m1/s1. The molecule has 2 bridgehead atoms. The lowest BCUT2D eigenvalue weighted by Crippen LogP contribution is -2.23. The third kappa shape index (κ3) is 2.43. The fraction of sp³-hybridized carbons (Fsp3) is 0.273. The van der Waals surface area contributed by atoms with Crippen LogP contribution in [-0.4, -0.2) is 24.7 Å². The first-order valence-electron chi connectivity index (χ1n) is 8.78. The predicted molar refractivity (Wildman–Crippen MR) is 111 cm³/mol. The van der Waals surface area contributed by atoms with Gasteiger partial charge < -0.3 is 9.47 Å². The van der Waals surface area contributed by atoms with Gasteiger partial charge in [0, 0.05) is 16.4 Å². The quantitative estimate of drug-likeness (QED) is 0.665. The number of allylic oxidation sites excluding steroid dienone is 2. The van der Waals surface area contributed by atoms with E-state index in [1.165, 1.54) is 16.7 Å². The summed E-state index contributed by atoms with van der Waals surface area (Å²) in [5.74, 6) is 2.31. The van der Waals surface area contributed by atoms with Gasteiger partial charge in [-0.1, -0.05) is 36.4 Å². The molecule has 5 rings (SSSR count). The third-order valence-electron chi connectivity index (χ3n) is 5.43. The molecule has 0 N–H and O–H groups in total. The number of benzene rings is 2. The van der Waals surface area contributed by atoms with Gasteiger partial charge in [-0.3, -0.25) is 0 Å². The topological polar surface area (TPSA) is 18.5 Å². The van der Waals surface area contributed by atoms with Crippen molar-refractivity contribution < 1.29 is 9.47 Å². The van der Waals surface area contributed by atoms with Crippen LogP contribution in [0.25, 0.3) is 5.57 Å². The van der Waals surface area contributed by atoms with E-state index < -0.39 is 0 Å². The first kappa shape index (κ1) is 16.4. The van der Waals surface area contributed by atoms with Gasteiger partial charge in [-0.05, 0) is 47.0 Å². The molecule has 2 nitrogen and oxygen atoms in total. The number of hydrogen-bond donors (Lipinski definition) is 0. The Morgan fingerprint density at radius 2 is 1.46 bits per heavy atom. The van der Waals surface area contributed by atoms with Crippen LogP contribution >= 0.6 is 23.5 Å². The first-order chi connectivity index (χ1) is 12.7. The van der Waals surface area contributed by atoms with E-state index in [-0.39, 0.29) is 4.08 Å². The molecule has 4 heteroatoms. The van der Waals surface area contributed by atoms with E-state index in [1.54, 1.807) is 14.2 Å². The van der Waals surface area contributed by atoms with Crippen LogP contribution in [0.1, 0.15) is 11.1 Å². The zero-order valence-electron chi connectivity index (χ0n) is 14.7. The van der Waals surface area contributed by atoms with Crippen molar-refractivity contribution in [2.45, 2.75) is 14.6 Å². The van der Waals surface area contributed by atoms with E-state index in [4.69, 9.17) is 9.47 Å². The number of thioether (sulfide) groups is 2. The maximum Gasteiger partial charge on any atom is 0.118 e. The lowest BCUT2D eigenvalue weighted by Gasteiger charge is -2.34. The van der Waals surface area contributed by atoms with E-state index in [9.17, 15) is 0 Å². The maximum absolute atomic E-state index is 5.34. The number of fused-ring (bicyclic) bond motifs is 1. The van der Waals surface area contributed by atoms with Crippen molar-refractivity contribution >= 4 is 29.1 Å². The van der Waals surface area contributed by atoms with E-state index in [1.807, 2.05) is 0 Å². The van der Waals surface area contributed by atoms with Crippen molar-refractivity contribution in [3.63, 3.8) is 0 Å². The molecular formula is C22H20O2S2. The van der Waals surface area contributed by atoms with Crippen LogP contribution in [0, 0.1) is 5.92 Å². The van der Waals surface area contributed by atoms with E-state index in [2.05, 4.69) is 90.3 Å². The normalized spacial score (nSPS) is 31.0. The van der Waals surface area contributed by atoms with Gasteiger partial charge in [0.1, 0.15) is 15.6 Å². The summed E-state index contributed by atoms with van der Waals surface area (Å²) in [6.07, 6.45) is 7.31. The van der Waals surface area contributed by atoms with Crippen LogP contribution in [0.3, 0.4) is 0 Å². The molecule has 26 heavy (non-hydrogen) atoms. The molecule has 4 atom stereocenters. The van der Waals surface area contributed by atoms with Crippen LogP contribution in [-0.2, 0) is 4.08 Å². The Kier molecular flexibility index (Phi) is 3.87. The van der Waals surface area contributed by atoms with Gasteiger partial charge >= 0.3 is 0 Å². The zero-order valence-corrected chi connectivity index (χ0v) is 16.3. The molecule has 1 aliphatic carbocycles. The van der Waals surface area contributed by atoms with Crippen molar-refractivity contribution in [1.82, 2.24) is 0 Å². The molecule has 0 saturated carbocycles. The molecule has 0 aromatic heterocycles. The van der Waals surface area contributed by atoms with Gasteiger partial charge in [-0.25, -0.2) is 0 Å². The molecule has 0 radical (unpaired) electrons. The molecular weight excluding hydrogens is 360 g/mol. The molecule has 1 fully saturated rings. The van der Waals surface area contributed by atoms with Crippen LogP contribution in [0.2, 0.25) is 0 Å². The Balaban J connectivity index is 1.60. The molecule has 0 unspecified atom stereocenters. The second kappa shape index (κ2) is 6.14. The van der Waals surface area contributed by atoms with Crippen molar-refractivity contribution in [2.75, 3.05) is 14.2 Å². The van der Waals surface area contributed by atoms with Crippen LogP contribution < -0.4 is 9.47 Å². The fourth-order valence-corrected chi connectivity index (χ4v) is 8.13. The Morgan fingerprint density at radius 1 is 0.808 bits per heavy atom. The zero-order chi connectivity index (χ0) is 17.7. The Morgan fingerprint density at radius 3 is 2.12 bits per heavy atom. The Labute approximate surface area is 162 Å². The van der Waals surface area contributed by atoms with E-state index >= 15 is 0 Å². The molecule has 2 aromatic carbocycles. The van der Waals surface area contributed by atoms with Gasteiger partial charge in [0.15, 0.2) is 0 Å². The lowest BCUT2D eigenvalue weighted by molar-refractivity contribution is 0.414. The summed E-state index contributed by atoms with van der Waals surface area (Å²) in [5.41, 5.74) is 4.09. The third-order valence-corrected chi connectivity index (χ3v) is 9.17. The number of rotatable bonds is 4. The predicted octanol–water partition coefficient (Wildman–Crippen LogP) is 5.36. The summed E-state index contributed by atoms with van der Waals surface area (Å²) < 4.78 is 10.7. The molecule has 0 amide bonds. The van der Waals surface area contributed by atoms with Crippen molar-refractivity contribution in [2.24, 2.45) is 5.92 Å². The lowest BCUT2D eigenvalue weighted by atomic mass is 9.89. The van der Waals surface area contributed by atoms with Crippen molar-refractivity contribution in [3.8, 4) is 11.5 Å². The highest BCUT2D eigenvalue weighted by atomic mass is 32.2. The van der Waals surface area contributed by atoms with E-state index in [0.717, 1.165) is 11.5 Å². The second-order valence-electron chi connectivity index (χ2n) is 6.80. The largest absolute Gasteiger partial charge is 0.497 e. The average Bonchev–Trinajstić information content (AvgIpc) is 3.22. The smallest absolute Gasteiger partial charge is 0.118 e. The minimum atomic E-state index is -0.0157. The SMILES string of the molecule is COc1ccc(C2=C[C@@]3(c4ccc(OC)cc4)S[C@H]4[C@@H]2C=C[C@H]4S3)cc1. The van der Waals surface area contributed by atoms with Gasteiger partial charge in [-0.15, -0.1) is 23.5 Å². The number of hydrogen-bond acceptors (Lipinski definition) is 4. The first-order valence-corrected chi connectivity index (χ1v) is 10.5. The highest BCUT2D eigenvalue weighted by molar-refractivity contribution is 8.21. The molecule has 132 valence electrons. The molecule has 0 spiro atoms. The summed E-state index contributed by atoms with van der Waals surface area (Å²) in [7, 11) is 3.43. The van der Waals surface area contributed by atoms with Gasteiger partial charge in [0.25, 0.3) is 0 Å². The number of ether oxygens (including phenoxy) is 2. The summed E-state index contributed by atoms with van der Waals surface area (Å²) in [5, 5.41) is 1.20. The minimum absolute atomic E-state index is 0.0157. The average molecular weight is 381 g/mol. The molecule has 2 aromatic rings. The monoisotopic (exact) mass is 380 g/mol. The van der Waals surface area contributed by atoms with Crippen molar-refractivity contribution in [1.29, 1.82) is 0 Å². The molecule has 1 saturated heterocycles. The van der Waals surface area contributed by atoms with Crippen LogP contribution in [0.15, 0.2) is 66.8 Å². The van der Waals surface area contributed by atoms with Crippen LogP contribution in [0.5, 0.6) is 11.5 Å². The highest BCUT2D eigenvalue weighted by Crippen LogP contribution is 2.68. The van der Waals surface area contributed by atoms with Gasteiger partial charge in [0.05, 0.1) is 14.2 Å². The summed E-state index contributed by atoms with van der Waals surface area (Å²) >= 11 is 4.19. The Bertz CT molecular complexity index is 885. The van der Waals surface area contributed by atoms with Crippen LogP contribution in [0.4, 0.5) is 0 Å². The van der Waals surface area contributed by atoms with Gasteiger partial charge in [0.2, 0.25) is 0 Å². The van der Waals surface area contributed by atoms with Gasteiger partial charge in [-0.2, -0.15) is 0 Å². The molecule has 3 aliphatic rings. The van der Waals surface area contributed by atoms with E-state index in [0.29, 0.717) is 16.4 Å². The second-order valence-corrected chi connectivity index (χ2v) is 9.91. The van der Waals surface area contributed by atoms with Crippen molar-refractivity contribution in [3.05, 3.63) is 77.9 Å². The minimum Gasteiger partial charge on any atom is -0.497 e. The highest BCUT2D eigenvalue weighted by Gasteiger charge is 2.54.